The van der Waals surface area contributed by atoms with Crippen molar-refractivity contribution >= 4 is 29.1 Å². The lowest BCUT2D eigenvalue weighted by Gasteiger charge is -2.47. The third-order valence-corrected chi connectivity index (χ3v) is 5.83. The van der Waals surface area contributed by atoms with Crippen LogP contribution in [0.3, 0.4) is 0 Å². The van der Waals surface area contributed by atoms with Crippen LogP contribution in [0.4, 0.5) is 0 Å². The average Bonchev–Trinajstić information content (AvgIpc) is 3.06. The number of nitrogens with one attached hydrogen (secondary N) is 2. The second kappa shape index (κ2) is 5.96. The standard InChI is InChI=1S/C16H22N4O2S/c1-16(9-13(21)19(2)15(17)18-16)11-5-3-7-20(10-11)14(22)12-6-4-8-23-12/h4,6,8,11H,3,5,7,9-10H2,1-2H3,(H2,17,18)/t11?,16-/m0/s1. The Morgan fingerprint density at radius 3 is 2.96 bits per heavy atom. The smallest absolute Gasteiger partial charge is 0.263 e. The number of hydrogen-bond donors (Lipinski definition) is 2. The van der Waals surface area contributed by atoms with Gasteiger partial charge in [-0.1, -0.05) is 6.07 Å². The summed E-state index contributed by atoms with van der Waals surface area (Å²) >= 11 is 1.46. The van der Waals surface area contributed by atoms with Gasteiger partial charge in [-0.2, -0.15) is 0 Å². The van der Waals surface area contributed by atoms with Gasteiger partial charge in [0.2, 0.25) is 5.91 Å². The van der Waals surface area contributed by atoms with Crippen LogP contribution >= 0.6 is 11.3 Å². The van der Waals surface area contributed by atoms with Crippen molar-refractivity contribution in [2.45, 2.75) is 31.7 Å². The van der Waals surface area contributed by atoms with E-state index >= 15 is 0 Å². The van der Waals surface area contributed by atoms with E-state index in [0.717, 1.165) is 24.3 Å². The number of hydrogen-bond acceptors (Lipinski definition) is 4. The van der Waals surface area contributed by atoms with Crippen molar-refractivity contribution in [3.63, 3.8) is 0 Å². The largest absolute Gasteiger partial charge is 0.350 e. The van der Waals surface area contributed by atoms with Crippen LogP contribution in [0.2, 0.25) is 0 Å². The highest BCUT2D eigenvalue weighted by atomic mass is 32.1. The molecule has 0 aromatic carbocycles. The maximum absolute atomic E-state index is 12.6. The van der Waals surface area contributed by atoms with Crippen LogP contribution < -0.4 is 5.32 Å². The van der Waals surface area contributed by atoms with E-state index in [-0.39, 0.29) is 23.7 Å². The van der Waals surface area contributed by atoms with Gasteiger partial charge in [0.05, 0.1) is 16.8 Å². The zero-order valence-electron chi connectivity index (χ0n) is 13.5. The lowest BCUT2D eigenvalue weighted by Crippen LogP contribution is -2.65. The first-order chi connectivity index (χ1) is 10.9. The molecule has 124 valence electrons. The van der Waals surface area contributed by atoms with Crippen LogP contribution in [-0.2, 0) is 4.79 Å². The molecule has 2 atom stereocenters. The van der Waals surface area contributed by atoms with E-state index in [1.807, 2.05) is 29.3 Å². The van der Waals surface area contributed by atoms with E-state index in [2.05, 4.69) is 5.32 Å². The third-order valence-electron chi connectivity index (χ3n) is 4.97. The molecule has 0 bridgehead atoms. The highest BCUT2D eigenvalue weighted by Gasteiger charge is 2.44. The highest BCUT2D eigenvalue weighted by Crippen LogP contribution is 2.33. The lowest BCUT2D eigenvalue weighted by molar-refractivity contribution is -0.130. The fourth-order valence-corrected chi connectivity index (χ4v) is 4.13. The molecule has 6 nitrogen and oxygen atoms in total. The molecular weight excluding hydrogens is 312 g/mol. The van der Waals surface area contributed by atoms with Gasteiger partial charge < -0.3 is 10.2 Å². The number of likely N-dealkylation sites (tertiary alicyclic amines) is 1. The second-order valence-corrected chi connectivity index (χ2v) is 7.54. The molecule has 2 aliphatic heterocycles. The van der Waals surface area contributed by atoms with Gasteiger partial charge in [-0.05, 0) is 37.1 Å². The van der Waals surface area contributed by atoms with E-state index in [4.69, 9.17) is 5.41 Å². The number of nitrogens with zero attached hydrogens (tertiary/aromatic N) is 2. The Labute approximate surface area is 140 Å². The molecule has 3 heterocycles. The molecule has 1 unspecified atom stereocenters. The van der Waals surface area contributed by atoms with Crippen molar-refractivity contribution in [1.82, 2.24) is 15.1 Å². The number of amides is 2. The molecule has 1 aromatic rings. The molecule has 0 spiro atoms. The summed E-state index contributed by atoms with van der Waals surface area (Å²) < 4.78 is 0. The molecular formula is C16H22N4O2S. The first-order valence-electron chi connectivity index (χ1n) is 7.87. The Morgan fingerprint density at radius 2 is 2.30 bits per heavy atom. The van der Waals surface area contributed by atoms with E-state index in [0.29, 0.717) is 13.0 Å². The number of thiophene rings is 1. The highest BCUT2D eigenvalue weighted by molar-refractivity contribution is 7.12. The minimum atomic E-state index is -0.463. The van der Waals surface area contributed by atoms with E-state index in [9.17, 15) is 9.59 Å². The molecule has 2 fully saturated rings. The molecule has 23 heavy (non-hydrogen) atoms. The van der Waals surface area contributed by atoms with Gasteiger partial charge in [0, 0.05) is 20.1 Å². The van der Waals surface area contributed by atoms with Gasteiger partial charge in [-0.25, -0.2) is 0 Å². The second-order valence-electron chi connectivity index (χ2n) is 6.59. The molecule has 2 amide bonds. The zero-order chi connectivity index (χ0) is 16.6. The average molecular weight is 334 g/mol. The van der Waals surface area contributed by atoms with Crippen molar-refractivity contribution < 1.29 is 9.59 Å². The van der Waals surface area contributed by atoms with Crippen LogP contribution in [0, 0.1) is 11.3 Å². The summed E-state index contributed by atoms with van der Waals surface area (Å²) in [5, 5.41) is 13.1. The van der Waals surface area contributed by atoms with Crippen LogP contribution in [0.25, 0.3) is 0 Å². The predicted octanol–water partition coefficient (Wildman–Crippen LogP) is 1.75. The molecule has 0 saturated carbocycles. The molecule has 2 saturated heterocycles. The summed E-state index contributed by atoms with van der Waals surface area (Å²) in [6.45, 7) is 3.38. The van der Waals surface area contributed by atoms with Gasteiger partial charge in [-0.3, -0.25) is 19.9 Å². The van der Waals surface area contributed by atoms with Gasteiger partial charge in [0.15, 0.2) is 5.96 Å². The number of carbonyl (C=O) groups is 2. The molecule has 1 aromatic heterocycles. The normalized spacial score (nSPS) is 28.7. The number of rotatable bonds is 2. The van der Waals surface area contributed by atoms with E-state index in [1.165, 1.54) is 16.2 Å². The first kappa shape index (κ1) is 16.0. The van der Waals surface area contributed by atoms with Crippen molar-refractivity contribution in [3.8, 4) is 0 Å². The Hall–Kier alpha value is -1.89. The van der Waals surface area contributed by atoms with E-state index in [1.54, 1.807) is 7.05 Å². The van der Waals surface area contributed by atoms with Crippen LogP contribution in [0.5, 0.6) is 0 Å². The Kier molecular flexibility index (Phi) is 4.14. The van der Waals surface area contributed by atoms with Gasteiger partial charge >= 0.3 is 0 Å². The van der Waals surface area contributed by atoms with Gasteiger partial charge in [0.1, 0.15) is 0 Å². The molecule has 3 rings (SSSR count). The molecule has 2 aliphatic rings. The summed E-state index contributed by atoms with van der Waals surface area (Å²) in [6, 6.07) is 3.74. The quantitative estimate of drug-likeness (QED) is 0.865. The maximum atomic E-state index is 12.6. The minimum Gasteiger partial charge on any atom is -0.350 e. The van der Waals surface area contributed by atoms with Crippen molar-refractivity contribution in [2.75, 3.05) is 20.1 Å². The monoisotopic (exact) mass is 334 g/mol. The number of guanidine groups is 1. The summed E-state index contributed by atoms with van der Waals surface area (Å²) in [5.41, 5.74) is -0.463. The zero-order valence-corrected chi connectivity index (χ0v) is 14.3. The topological polar surface area (TPSA) is 76.5 Å². The summed E-state index contributed by atoms with van der Waals surface area (Å²) in [7, 11) is 1.62. The van der Waals surface area contributed by atoms with E-state index < -0.39 is 5.54 Å². The Bertz CT molecular complexity index is 610. The van der Waals surface area contributed by atoms with Crippen LogP contribution in [-0.4, -0.2) is 53.2 Å². The van der Waals surface area contributed by atoms with Crippen molar-refractivity contribution in [1.29, 1.82) is 5.41 Å². The lowest BCUT2D eigenvalue weighted by atomic mass is 9.76. The summed E-state index contributed by atoms with van der Waals surface area (Å²) in [5.74, 6) is 0.337. The predicted molar refractivity (Wildman–Crippen MR) is 89.6 cm³/mol. The van der Waals surface area contributed by atoms with Crippen molar-refractivity contribution in [2.24, 2.45) is 5.92 Å². The fraction of sp³-hybridized carbons (Fsp3) is 0.562. The minimum absolute atomic E-state index is 0.0436. The van der Waals surface area contributed by atoms with Crippen molar-refractivity contribution in [3.05, 3.63) is 22.4 Å². The maximum Gasteiger partial charge on any atom is 0.263 e. The van der Waals surface area contributed by atoms with Gasteiger partial charge in [0.25, 0.3) is 5.91 Å². The molecule has 0 radical (unpaired) electrons. The molecule has 0 aliphatic carbocycles. The fourth-order valence-electron chi connectivity index (χ4n) is 3.44. The summed E-state index contributed by atoms with van der Waals surface area (Å²) in [6.07, 6.45) is 2.25. The third kappa shape index (κ3) is 2.97. The molecule has 7 heteroatoms. The summed E-state index contributed by atoms with van der Waals surface area (Å²) in [4.78, 5) is 28.7. The van der Waals surface area contributed by atoms with Gasteiger partial charge in [-0.15, -0.1) is 11.3 Å². The first-order valence-corrected chi connectivity index (χ1v) is 8.75. The van der Waals surface area contributed by atoms with Crippen LogP contribution in [0.15, 0.2) is 17.5 Å². The van der Waals surface area contributed by atoms with Crippen LogP contribution in [0.1, 0.15) is 35.9 Å². The Morgan fingerprint density at radius 1 is 1.52 bits per heavy atom. The molecule has 2 N–H and O–H groups in total. The number of piperidine rings is 1. The number of carbonyl (C=O) groups excluding carboxylic acids is 2. The Balaban J connectivity index is 1.74. The SMILES string of the molecule is CN1C(=N)N[C@](C)(C2CCCN(C(=O)c3cccs3)C2)CC1=O.